The predicted molar refractivity (Wildman–Crippen MR) is 190 cm³/mol. The Morgan fingerprint density at radius 1 is 0.935 bits per heavy atom. The van der Waals surface area contributed by atoms with E-state index in [9.17, 15) is 9.59 Å². The number of hydrogen-bond donors (Lipinski definition) is 4. The molecule has 1 aliphatic rings. The van der Waals surface area contributed by atoms with Crippen molar-refractivity contribution in [1.82, 2.24) is 20.4 Å². The molecule has 250 valence electrons. The van der Waals surface area contributed by atoms with Gasteiger partial charge in [-0.1, -0.05) is 55.8 Å². The maximum absolute atomic E-state index is 12.6. The van der Waals surface area contributed by atoms with E-state index in [1.165, 1.54) is 19.8 Å². The summed E-state index contributed by atoms with van der Waals surface area (Å²) < 4.78 is 11.2. The minimum atomic E-state index is -0.176. The number of nitrogens with zero attached hydrogens (tertiary/aromatic N) is 2. The van der Waals surface area contributed by atoms with Gasteiger partial charge in [-0.05, 0) is 59.6 Å². The van der Waals surface area contributed by atoms with Crippen molar-refractivity contribution in [2.75, 3.05) is 65.0 Å². The third-order valence-corrected chi connectivity index (χ3v) is 8.92. The molecule has 1 fully saturated rings. The number of nitrogens with one attached hydrogen (secondary N) is 2. The van der Waals surface area contributed by atoms with Crippen molar-refractivity contribution in [2.45, 2.75) is 39.3 Å². The van der Waals surface area contributed by atoms with Gasteiger partial charge >= 0.3 is 0 Å². The summed E-state index contributed by atoms with van der Waals surface area (Å²) in [4.78, 5) is 29.5. The average molecular weight is 718 g/mol. The second-order valence-corrected chi connectivity index (χ2v) is 12.2. The number of ether oxygens (including phenoxy) is 2. The molecule has 0 unspecified atom stereocenters. The Morgan fingerprint density at radius 2 is 1.52 bits per heavy atom. The van der Waals surface area contributed by atoms with Gasteiger partial charge in [-0.3, -0.25) is 14.5 Å². The highest BCUT2D eigenvalue weighted by atomic mass is 79.9. The molecular formula is C34H46BrClN6O4. The van der Waals surface area contributed by atoms with Gasteiger partial charge in [0.15, 0.2) is 0 Å². The Labute approximate surface area is 285 Å². The number of carbonyl (C=O) groups is 2. The number of benzene rings is 3. The molecule has 0 aromatic heterocycles. The van der Waals surface area contributed by atoms with Crippen molar-refractivity contribution >= 4 is 50.7 Å². The number of methoxy groups -OCH3 is 2. The number of piperidine rings is 1. The number of rotatable bonds is 12. The van der Waals surface area contributed by atoms with Gasteiger partial charge in [0.2, 0.25) is 0 Å². The van der Waals surface area contributed by atoms with Gasteiger partial charge in [-0.15, -0.1) is 0 Å². The van der Waals surface area contributed by atoms with E-state index in [4.69, 9.17) is 32.5 Å². The van der Waals surface area contributed by atoms with Gasteiger partial charge in [-0.2, -0.15) is 0 Å². The zero-order valence-electron chi connectivity index (χ0n) is 27.1. The lowest BCUT2D eigenvalue weighted by molar-refractivity contribution is 0.0904. The van der Waals surface area contributed by atoms with Crippen LogP contribution < -0.4 is 31.6 Å². The number of amides is 2. The summed E-state index contributed by atoms with van der Waals surface area (Å²) in [5.74, 6) is 0.580. The molecule has 10 nitrogen and oxygen atoms in total. The van der Waals surface area contributed by atoms with Gasteiger partial charge in [0, 0.05) is 61.1 Å². The van der Waals surface area contributed by atoms with E-state index in [1.54, 1.807) is 24.3 Å². The fourth-order valence-electron chi connectivity index (χ4n) is 5.13. The van der Waals surface area contributed by atoms with Crippen LogP contribution in [0.1, 0.15) is 53.0 Å². The highest BCUT2D eigenvalue weighted by Crippen LogP contribution is 2.30. The lowest BCUT2D eigenvalue weighted by Gasteiger charge is -2.32. The van der Waals surface area contributed by atoms with Gasteiger partial charge in [-0.25, -0.2) is 0 Å². The van der Waals surface area contributed by atoms with Crippen molar-refractivity contribution in [1.29, 1.82) is 0 Å². The van der Waals surface area contributed by atoms with Crippen LogP contribution in [0, 0.1) is 0 Å². The van der Waals surface area contributed by atoms with Crippen LogP contribution in [-0.2, 0) is 6.54 Å². The van der Waals surface area contributed by atoms with E-state index >= 15 is 0 Å². The summed E-state index contributed by atoms with van der Waals surface area (Å²) >= 11 is 9.38. The van der Waals surface area contributed by atoms with Crippen LogP contribution >= 0.6 is 27.5 Å². The van der Waals surface area contributed by atoms with E-state index in [1.807, 2.05) is 6.07 Å². The van der Waals surface area contributed by atoms with Gasteiger partial charge in [0.05, 0.1) is 36.1 Å². The molecule has 0 aliphatic carbocycles. The van der Waals surface area contributed by atoms with Crippen molar-refractivity contribution in [3.8, 4) is 11.5 Å². The summed E-state index contributed by atoms with van der Waals surface area (Å²) in [5.41, 5.74) is 14.7. The van der Waals surface area contributed by atoms with E-state index in [0.29, 0.717) is 50.0 Å². The van der Waals surface area contributed by atoms with E-state index in [0.717, 1.165) is 52.1 Å². The molecule has 0 spiro atoms. The summed E-state index contributed by atoms with van der Waals surface area (Å²) in [6, 6.07) is 17.1. The molecule has 0 saturated carbocycles. The molecule has 3 aromatic carbocycles. The Morgan fingerprint density at radius 3 is 2.11 bits per heavy atom. The zero-order valence-corrected chi connectivity index (χ0v) is 29.4. The molecule has 2 amide bonds. The molecule has 0 radical (unpaired) electrons. The number of hydrogen-bond acceptors (Lipinski definition) is 8. The van der Waals surface area contributed by atoms with Crippen LogP contribution in [-0.4, -0.2) is 81.1 Å². The summed E-state index contributed by atoms with van der Waals surface area (Å²) in [6.45, 7) is 10.5. The van der Waals surface area contributed by atoms with E-state index < -0.39 is 0 Å². The van der Waals surface area contributed by atoms with Gasteiger partial charge in [0.1, 0.15) is 11.5 Å². The zero-order chi connectivity index (χ0) is 33.6. The lowest BCUT2D eigenvalue weighted by atomic mass is 10.0. The Balaban J connectivity index is 0.000000260. The number of anilines is 2. The fraction of sp³-hybridized carbons (Fsp3) is 0.412. The summed E-state index contributed by atoms with van der Waals surface area (Å²) in [5, 5.41) is 6.35. The first kappa shape index (κ1) is 37.0. The molecular weight excluding hydrogens is 672 g/mol. The minimum Gasteiger partial charge on any atom is -0.496 e. The average Bonchev–Trinajstić information content (AvgIpc) is 3.06. The van der Waals surface area contributed by atoms with Gasteiger partial charge in [0.25, 0.3) is 11.8 Å². The third-order valence-electron chi connectivity index (χ3n) is 7.91. The van der Waals surface area contributed by atoms with Crippen LogP contribution in [0.2, 0.25) is 5.02 Å². The minimum absolute atomic E-state index is 0.149. The maximum atomic E-state index is 12.6. The molecule has 4 rings (SSSR count). The molecule has 0 bridgehead atoms. The standard InChI is InChI=1S/C20H24ClN3O2.C14H22BrN3O2/c1-26-19-12-18(22)17(21)11-16(19)20(25)23-15-7-9-24(10-8-15)13-14-5-3-2-4-6-14;1-4-18(5-2)7-6-17-14(19)10-8-11(15)12(16)9-13(10)20-3/h2-6,11-12,15H,7-10,13,22H2,1H3,(H,23,25);8-9H,4-7,16H2,1-3H3,(H,17,19). The first-order valence-corrected chi connectivity index (χ1v) is 16.6. The Kier molecular flexibility index (Phi) is 14.9. The molecule has 46 heavy (non-hydrogen) atoms. The third kappa shape index (κ3) is 10.8. The van der Waals surface area contributed by atoms with Crippen molar-refractivity contribution < 1.29 is 19.1 Å². The first-order chi connectivity index (χ1) is 22.1. The summed E-state index contributed by atoms with van der Waals surface area (Å²) in [6.07, 6.45) is 1.84. The second-order valence-electron chi connectivity index (χ2n) is 10.9. The summed E-state index contributed by atoms with van der Waals surface area (Å²) in [7, 11) is 3.04. The molecule has 6 N–H and O–H groups in total. The van der Waals surface area contributed by atoms with Crippen molar-refractivity contribution in [3.63, 3.8) is 0 Å². The van der Waals surface area contributed by atoms with Crippen LogP contribution in [0.5, 0.6) is 11.5 Å². The number of halogens is 2. The fourth-order valence-corrected chi connectivity index (χ4v) is 5.64. The Bertz CT molecular complexity index is 1430. The number of likely N-dealkylation sites (N-methyl/N-ethyl adjacent to an activating group) is 1. The number of likely N-dealkylation sites (tertiary alicyclic amines) is 1. The van der Waals surface area contributed by atoms with Crippen LogP contribution in [0.3, 0.4) is 0 Å². The molecule has 0 atom stereocenters. The normalized spacial score (nSPS) is 13.5. The number of carbonyl (C=O) groups excluding carboxylic acids is 2. The predicted octanol–water partition coefficient (Wildman–Crippen LogP) is 5.44. The molecule has 1 aliphatic heterocycles. The number of nitrogens with two attached hydrogens (primary N) is 2. The Hall–Kier alpha value is -3.51. The smallest absolute Gasteiger partial charge is 0.255 e. The van der Waals surface area contributed by atoms with Crippen LogP contribution in [0.15, 0.2) is 59.1 Å². The molecule has 1 saturated heterocycles. The maximum Gasteiger partial charge on any atom is 0.255 e. The molecule has 1 heterocycles. The van der Waals surface area contributed by atoms with E-state index in [2.05, 4.69) is 74.5 Å². The van der Waals surface area contributed by atoms with Crippen LogP contribution in [0.25, 0.3) is 0 Å². The molecule has 12 heteroatoms. The number of nitrogen functional groups attached to an aromatic ring is 2. The van der Waals surface area contributed by atoms with Crippen LogP contribution in [0.4, 0.5) is 11.4 Å². The highest BCUT2D eigenvalue weighted by Gasteiger charge is 2.23. The largest absolute Gasteiger partial charge is 0.496 e. The quantitative estimate of drug-likeness (QED) is 0.182. The SMILES string of the molecule is CCN(CC)CCNC(=O)c1cc(Br)c(N)cc1OC.COc1cc(N)c(Cl)cc1C(=O)NC1CCN(Cc2ccccc2)CC1. The second kappa shape index (κ2) is 18.6. The van der Waals surface area contributed by atoms with E-state index in [-0.39, 0.29) is 17.9 Å². The van der Waals surface area contributed by atoms with Gasteiger partial charge < -0.3 is 36.5 Å². The topological polar surface area (TPSA) is 135 Å². The highest BCUT2D eigenvalue weighted by molar-refractivity contribution is 9.10. The molecule has 3 aromatic rings. The first-order valence-electron chi connectivity index (χ1n) is 15.4. The van der Waals surface area contributed by atoms with Crippen molar-refractivity contribution in [3.05, 3.63) is 80.8 Å². The monoisotopic (exact) mass is 716 g/mol. The lowest BCUT2D eigenvalue weighted by Crippen LogP contribution is -2.44. The van der Waals surface area contributed by atoms with Crippen molar-refractivity contribution in [2.24, 2.45) is 0 Å².